The molecule has 0 unspecified atom stereocenters. The van der Waals surface area contributed by atoms with Crippen molar-refractivity contribution >= 4 is 16.7 Å². The van der Waals surface area contributed by atoms with Crippen LogP contribution < -0.4 is 23.0 Å². The van der Waals surface area contributed by atoms with Gasteiger partial charge in [0, 0.05) is 0 Å². The molecule has 0 spiro atoms. The van der Waals surface area contributed by atoms with Gasteiger partial charge in [-0.2, -0.15) is 0 Å². The van der Waals surface area contributed by atoms with Gasteiger partial charge in [-0.3, -0.25) is 0 Å². The average molecular weight is 385 g/mol. The second-order valence-electron chi connectivity index (χ2n) is 3.92. The number of unbranched alkanes of at least 4 members (excludes halogenated alkanes) is 1. The Morgan fingerprint density at radius 3 is 1.32 bits per heavy atom. The molecule has 0 atom stereocenters. The van der Waals surface area contributed by atoms with Crippen LogP contribution in [0.4, 0.5) is 0 Å². The van der Waals surface area contributed by atoms with Crippen LogP contribution >= 0.6 is 6.11 Å². The van der Waals surface area contributed by atoms with Crippen molar-refractivity contribution in [3.63, 3.8) is 0 Å². The van der Waals surface area contributed by atoms with Crippen molar-refractivity contribution in [2.75, 3.05) is 0 Å². The molecule has 0 amide bonds. The van der Waals surface area contributed by atoms with Crippen molar-refractivity contribution in [3.05, 3.63) is 60.7 Å². The molecule has 0 saturated carbocycles. The fourth-order valence-electron chi connectivity index (χ4n) is 1.25. The van der Waals surface area contributed by atoms with Crippen LogP contribution in [0.1, 0.15) is 26.7 Å². The van der Waals surface area contributed by atoms with Crippen LogP contribution in [0.25, 0.3) is 0 Å². The molecule has 0 aromatic heterocycles. The van der Waals surface area contributed by atoms with Crippen LogP contribution in [-0.2, 0) is 18.7 Å². The molecule has 19 heavy (non-hydrogen) atoms. The average Bonchev–Trinajstić information content (AvgIpc) is 2.48. The molecule has 0 bridgehead atoms. The van der Waals surface area contributed by atoms with Gasteiger partial charge in [0.05, 0.1) is 0 Å². The summed E-state index contributed by atoms with van der Waals surface area (Å²) in [7, 11) is 0. The summed E-state index contributed by atoms with van der Waals surface area (Å²) in [4.78, 5) is 0. The third-order valence-corrected chi connectivity index (χ3v) is 6.28. The molecule has 106 valence electrons. The maximum absolute atomic E-state index is 3.47. The minimum atomic E-state index is -0.321. The van der Waals surface area contributed by atoms with Gasteiger partial charge in [0.2, 0.25) is 0 Å². The predicted molar refractivity (Wildman–Crippen MR) is 79.7 cm³/mol. The Balaban J connectivity index is 0.000000576. The third kappa shape index (κ3) is 7.24. The number of rotatable bonds is 3. The minimum absolute atomic E-state index is 0. The Bertz CT molecular complexity index is 378. The molecule has 2 rings (SSSR count). The standard InChI is InChI=1S/C12H10P.C4H10.ClH.Pd/c1-3-7-11(8-4-1)13-12-9-5-2-6-10-12;1-3-4-2;;/h1-10H;3-4H2,1-2H3;1H;/q-1;;;+2/p-1. The van der Waals surface area contributed by atoms with Crippen molar-refractivity contribution < 1.29 is 31.1 Å². The van der Waals surface area contributed by atoms with Crippen LogP contribution in [0.15, 0.2) is 60.7 Å². The van der Waals surface area contributed by atoms with E-state index >= 15 is 0 Å². The van der Waals surface area contributed by atoms with Crippen LogP contribution in [0.5, 0.6) is 0 Å². The zero-order chi connectivity index (χ0) is 13.2. The summed E-state index contributed by atoms with van der Waals surface area (Å²) in [5.74, 6) is 0. The van der Waals surface area contributed by atoms with E-state index < -0.39 is 0 Å². The molecule has 0 heterocycles. The molecule has 2 aromatic carbocycles. The summed E-state index contributed by atoms with van der Waals surface area (Å²) >= 11 is 3.47. The summed E-state index contributed by atoms with van der Waals surface area (Å²) in [6.07, 6.45) is 2.32. The third-order valence-electron chi connectivity index (χ3n) is 2.43. The summed E-state index contributed by atoms with van der Waals surface area (Å²) in [6.45, 7) is 4.36. The Morgan fingerprint density at radius 1 is 0.737 bits per heavy atom. The molecule has 0 aliphatic rings. The summed E-state index contributed by atoms with van der Waals surface area (Å²) < 4.78 is 0. The molecule has 0 aliphatic heterocycles. The van der Waals surface area contributed by atoms with E-state index in [9.17, 15) is 0 Å². The van der Waals surface area contributed by atoms with Crippen molar-refractivity contribution in [2.24, 2.45) is 0 Å². The van der Waals surface area contributed by atoms with Gasteiger partial charge in [-0.25, -0.2) is 0 Å². The van der Waals surface area contributed by atoms with Gasteiger partial charge < -0.3 is 12.4 Å². The van der Waals surface area contributed by atoms with Crippen molar-refractivity contribution in [1.29, 1.82) is 0 Å². The zero-order valence-electron chi connectivity index (χ0n) is 11.3. The Kier molecular flexibility index (Phi) is 11.5. The first-order valence-electron chi connectivity index (χ1n) is 6.32. The molecule has 0 aliphatic carbocycles. The number of halogens is 1. The van der Waals surface area contributed by atoms with E-state index in [2.05, 4.69) is 93.2 Å². The van der Waals surface area contributed by atoms with Crippen molar-refractivity contribution in [3.8, 4) is 0 Å². The Morgan fingerprint density at radius 2 is 1.05 bits per heavy atom. The van der Waals surface area contributed by atoms with E-state index in [-0.39, 0.29) is 18.5 Å². The quantitative estimate of drug-likeness (QED) is 0.554. The van der Waals surface area contributed by atoms with Crippen LogP contribution in [-0.4, -0.2) is 0 Å². The zero-order valence-corrected chi connectivity index (χ0v) is 14.5. The van der Waals surface area contributed by atoms with E-state index in [1.165, 1.54) is 23.5 Å². The summed E-state index contributed by atoms with van der Waals surface area (Å²) in [5.41, 5.74) is 0. The Hall–Kier alpha value is -0.178. The topological polar surface area (TPSA) is 0 Å². The van der Waals surface area contributed by atoms with E-state index in [0.29, 0.717) is 0 Å². The molecule has 0 fully saturated rings. The maximum atomic E-state index is 3.47. The van der Waals surface area contributed by atoms with E-state index in [1.54, 1.807) is 0 Å². The first kappa shape index (κ1) is 18.8. The van der Waals surface area contributed by atoms with Gasteiger partial charge in [-0.15, -0.1) is 0 Å². The molecule has 0 N–H and O–H groups in total. The van der Waals surface area contributed by atoms with Crippen molar-refractivity contribution in [1.82, 2.24) is 0 Å². The fraction of sp³-hybridized carbons (Fsp3) is 0.250. The SMILES string of the molecule is CCCC.[Cl-].[Pd+][P](c1ccccc1)c1ccccc1. The Labute approximate surface area is 135 Å². The van der Waals surface area contributed by atoms with Gasteiger partial charge in [0.25, 0.3) is 0 Å². The summed E-state index contributed by atoms with van der Waals surface area (Å²) in [5, 5.41) is 2.74. The number of benzene rings is 2. The first-order valence-corrected chi connectivity index (χ1v) is 9.59. The monoisotopic (exact) mass is 384 g/mol. The molecule has 2 aromatic rings. The van der Waals surface area contributed by atoms with Gasteiger partial charge in [0.1, 0.15) is 0 Å². The molecule has 3 heteroatoms. The van der Waals surface area contributed by atoms with Crippen LogP contribution in [0.2, 0.25) is 0 Å². The molecular weight excluding hydrogens is 365 g/mol. The van der Waals surface area contributed by atoms with Gasteiger partial charge in [-0.1, -0.05) is 26.7 Å². The van der Waals surface area contributed by atoms with E-state index in [0.717, 1.165) is 0 Å². The van der Waals surface area contributed by atoms with Gasteiger partial charge in [-0.05, 0) is 0 Å². The predicted octanol–water partition coefficient (Wildman–Crippen LogP) is 1.39. The normalized spacial score (nSPS) is 9.32. The van der Waals surface area contributed by atoms with Crippen molar-refractivity contribution in [2.45, 2.75) is 26.7 Å². The molecule has 0 nitrogen and oxygen atoms in total. The number of hydrogen-bond acceptors (Lipinski definition) is 0. The second-order valence-corrected chi connectivity index (χ2v) is 7.55. The van der Waals surface area contributed by atoms with Gasteiger partial charge >= 0.3 is 96.1 Å². The first-order chi connectivity index (χ1) is 8.79. The van der Waals surface area contributed by atoms with Crippen LogP contribution in [0, 0.1) is 0 Å². The van der Waals surface area contributed by atoms with Crippen LogP contribution in [0.3, 0.4) is 0 Å². The number of hydrogen-bond donors (Lipinski definition) is 0. The fourth-order valence-corrected chi connectivity index (χ4v) is 3.77. The summed E-state index contributed by atoms with van der Waals surface area (Å²) in [6, 6.07) is 21.1. The van der Waals surface area contributed by atoms with Gasteiger partial charge in [0.15, 0.2) is 0 Å². The molecular formula is C16H20ClPPd. The molecule has 0 radical (unpaired) electrons. The second kappa shape index (κ2) is 11.6. The van der Waals surface area contributed by atoms with E-state index in [1.807, 2.05) is 0 Å². The molecule has 0 saturated heterocycles. The van der Waals surface area contributed by atoms with E-state index in [4.69, 9.17) is 0 Å².